The number of hydrogen-bond acceptors (Lipinski definition) is 2. The summed E-state index contributed by atoms with van der Waals surface area (Å²) in [7, 11) is 0. The van der Waals surface area contributed by atoms with Crippen LogP contribution < -0.4 is 0 Å². The monoisotopic (exact) mass is 403 g/mol. The van der Waals surface area contributed by atoms with Crippen LogP contribution in [0.25, 0.3) is 44.3 Å². The number of nitrogens with zero attached hydrogens (tertiary/aromatic N) is 1. The summed E-state index contributed by atoms with van der Waals surface area (Å²) in [5.74, 6) is 0.837. The summed E-state index contributed by atoms with van der Waals surface area (Å²) in [4.78, 5) is 4.71. The van der Waals surface area contributed by atoms with Crippen LogP contribution >= 0.6 is 0 Å². The molecule has 3 aromatic carbocycles. The predicted molar refractivity (Wildman–Crippen MR) is 128 cm³/mol. The first-order chi connectivity index (χ1) is 15.3. The molecule has 2 aromatic heterocycles. The van der Waals surface area contributed by atoms with Gasteiger partial charge in [0.2, 0.25) is 0 Å². The molecule has 0 atom stereocenters. The lowest BCUT2D eigenvalue weighted by Crippen LogP contribution is -1.99. The van der Waals surface area contributed by atoms with Crippen molar-refractivity contribution in [2.24, 2.45) is 5.92 Å². The molecule has 0 spiro atoms. The molecule has 5 aromatic rings. The fraction of sp³-hybridized carbons (Fsp3) is 0.207. The van der Waals surface area contributed by atoms with E-state index < -0.39 is 0 Å². The van der Waals surface area contributed by atoms with E-state index in [0.717, 1.165) is 33.7 Å². The minimum Gasteiger partial charge on any atom is -0.456 e. The van der Waals surface area contributed by atoms with Gasteiger partial charge in [-0.2, -0.15) is 0 Å². The largest absolute Gasteiger partial charge is 0.456 e. The van der Waals surface area contributed by atoms with Crippen molar-refractivity contribution >= 4 is 21.9 Å². The third-order valence-corrected chi connectivity index (χ3v) is 6.70. The van der Waals surface area contributed by atoms with E-state index in [1.807, 2.05) is 6.20 Å². The summed E-state index contributed by atoms with van der Waals surface area (Å²) in [5, 5.41) is 2.32. The van der Waals surface area contributed by atoms with Crippen LogP contribution in [-0.2, 0) is 6.42 Å². The lowest BCUT2D eigenvalue weighted by atomic mass is 9.96. The SMILES string of the molecule is c1ccc(-c2cccc3oc4ccc(-c5cc(CC6CCCC6)ccn5)cc4c23)cc1. The van der Waals surface area contributed by atoms with Crippen LogP contribution in [-0.4, -0.2) is 4.98 Å². The Kier molecular flexibility index (Phi) is 4.57. The molecular weight excluding hydrogens is 378 g/mol. The fourth-order valence-electron chi connectivity index (χ4n) is 5.15. The smallest absolute Gasteiger partial charge is 0.136 e. The van der Waals surface area contributed by atoms with Crippen LogP contribution in [0.1, 0.15) is 31.2 Å². The Labute approximate surface area is 182 Å². The van der Waals surface area contributed by atoms with Gasteiger partial charge in [-0.3, -0.25) is 4.98 Å². The first-order valence-electron chi connectivity index (χ1n) is 11.3. The summed E-state index contributed by atoms with van der Waals surface area (Å²) in [6.07, 6.45) is 8.64. The standard InChI is InChI=1S/C29H25NO/c1-2-9-22(10-3-1)24-11-6-12-28-29(24)25-19-23(13-14-27(25)31-28)26-18-21(15-16-30-26)17-20-7-4-5-8-20/h1-3,6,9-16,18-20H,4-5,7-8,17H2. The van der Waals surface area contributed by atoms with Crippen LogP contribution in [0.2, 0.25) is 0 Å². The molecule has 0 saturated heterocycles. The minimum atomic E-state index is 0.837. The second kappa shape index (κ2) is 7.70. The van der Waals surface area contributed by atoms with E-state index in [9.17, 15) is 0 Å². The summed E-state index contributed by atoms with van der Waals surface area (Å²) in [5.41, 5.74) is 7.85. The number of rotatable bonds is 4. The topological polar surface area (TPSA) is 26.0 Å². The molecule has 31 heavy (non-hydrogen) atoms. The second-order valence-electron chi connectivity index (χ2n) is 8.76. The average molecular weight is 404 g/mol. The molecule has 0 unspecified atom stereocenters. The van der Waals surface area contributed by atoms with Crippen molar-refractivity contribution in [1.29, 1.82) is 0 Å². The van der Waals surface area contributed by atoms with Gasteiger partial charge in [0.25, 0.3) is 0 Å². The second-order valence-corrected chi connectivity index (χ2v) is 8.76. The maximum Gasteiger partial charge on any atom is 0.136 e. The Morgan fingerprint density at radius 2 is 1.65 bits per heavy atom. The number of pyridine rings is 1. The molecule has 1 fully saturated rings. The van der Waals surface area contributed by atoms with Crippen LogP contribution in [0.15, 0.2) is 89.5 Å². The summed E-state index contributed by atoms with van der Waals surface area (Å²) >= 11 is 0. The first kappa shape index (κ1) is 18.4. The Morgan fingerprint density at radius 1 is 0.774 bits per heavy atom. The van der Waals surface area contributed by atoms with Crippen molar-refractivity contribution in [2.75, 3.05) is 0 Å². The zero-order valence-electron chi connectivity index (χ0n) is 17.6. The van der Waals surface area contributed by atoms with Crippen molar-refractivity contribution < 1.29 is 4.42 Å². The molecule has 0 bridgehead atoms. The summed E-state index contributed by atoms with van der Waals surface area (Å²) in [6, 6.07) is 27.8. The maximum atomic E-state index is 6.20. The van der Waals surface area contributed by atoms with Gasteiger partial charge in [0.15, 0.2) is 0 Å². The molecule has 6 rings (SSSR count). The number of furan rings is 1. The lowest BCUT2D eigenvalue weighted by Gasteiger charge is -2.10. The van der Waals surface area contributed by atoms with Crippen molar-refractivity contribution in [3.63, 3.8) is 0 Å². The lowest BCUT2D eigenvalue weighted by molar-refractivity contribution is 0.546. The average Bonchev–Trinajstić information content (AvgIpc) is 3.47. The van der Waals surface area contributed by atoms with Crippen LogP contribution in [0.5, 0.6) is 0 Å². The van der Waals surface area contributed by atoms with E-state index >= 15 is 0 Å². The van der Waals surface area contributed by atoms with E-state index in [1.54, 1.807) is 0 Å². The van der Waals surface area contributed by atoms with E-state index in [0.29, 0.717) is 0 Å². The van der Waals surface area contributed by atoms with Crippen molar-refractivity contribution in [2.45, 2.75) is 32.1 Å². The van der Waals surface area contributed by atoms with Gasteiger partial charge in [-0.25, -0.2) is 0 Å². The summed E-state index contributed by atoms with van der Waals surface area (Å²) in [6.45, 7) is 0. The normalized spacial score (nSPS) is 14.6. The Morgan fingerprint density at radius 3 is 2.52 bits per heavy atom. The highest BCUT2D eigenvalue weighted by Crippen LogP contribution is 2.38. The molecule has 152 valence electrons. The highest BCUT2D eigenvalue weighted by atomic mass is 16.3. The molecule has 1 saturated carbocycles. The van der Waals surface area contributed by atoms with E-state index in [4.69, 9.17) is 9.40 Å². The maximum absolute atomic E-state index is 6.20. The van der Waals surface area contributed by atoms with Gasteiger partial charge in [0, 0.05) is 22.5 Å². The minimum absolute atomic E-state index is 0.837. The number of aromatic nitrogens is 1. The van der Waals surface area contributed by atoms with Crippen LogP contribution in [0, 0.1) is 5.92 Å². The van der Waals surface area contributed by atoms with Crippen molar-refractivity contribution in [3.8, 4) is 22.4 Å². The quantitative estimate of drug-likeness (QED) is 0.303. The molecule has 2 nitrogen and oxygen atoms in total. The van der Waals surface area contributed by atoms with Gasteiger partial charge < -0.3 is 4.42 Å². The molecule has 1 aliphatic carbocycles. The van der Waals surface area contributed by atoms with Gasteiger partial charge in [-0.05, 0) is 65.4 Å². The first-order valence-corrected chi connectivity index (χ1v) is 11.3. The zero-order chi connectivity index (χ0) is 20.6. The molecule has 1 aliphatic rings. The van der Waals surface area contributed by atoms with E-state index in [1.165, 1.54) is 54.2 Å². The van der Waals surface area contributed by atoms with Crippen LogP contribution in [0.3, 0.4) is 0 Å². The molecule has 2 heteroatoms. The third-order valence-electron chi connectivity index (χ3n) is 6.70. The van der Waals surface area contributed by atoms with Crippen molar-refractivity contribution in [1.82, 2.24) is 4.98 Å². The Bertz CT molecular complexity index is 1360. The van der Waals surface area contributed by atoms with Crippen LogP contribution in [0.4, 0.5) is 0 Å². The Balaban J connectivity index is 1.46. The fourth-order valence-corrected chi connectivity index (χ4v) is 5.15. The molecule has 0 radical (unpaired) electrons. The zero-order valence-corrected chi connectivity index (χ0v) is 17.6. The summed E-state index contributed by atoms with van der Waals surface area (Å²) < 4.78 is 6.20. The molecular formula is C29H25NO. The van der Waals surface area contributed by atoms with Gasteiger partial charge >= 0.3 is 0 Å². The number of benzene rings is 3. The highest BCUT2D eigenvalue weighted by molar-refractivity contribution is 6.13. The van der Waals surface area contributed by atoms with Gasteiger partial charge in [-0.1, -0.05) is 68.1 Å². The number of fused-ring (bicyclic) bond motifs is 3. The highest BCUT2D eigenvalue weighted by Gasteiger charge is 2.17. The van der Waals surface area contributed by atoms with E-state index in [2.05, 4.69) is 78.9 Å². The van der Waals surface area contributed by atoms with Crippen molar-refractivity contribution in [3.05, 3.63) is 90.6 Å². The number of hydrogen-bond donors (Lipinski definition) is 0. The molecule has 2 heterocycles. The van der Waals surface area contributed by atoms with Gasteiger partial charge in [-0.15, -0.1) is 0 Å². The Hall–Kier alpha value is -3.39. The third kappa shape index (κ3) is 3.42. The molecule has 0 N–H and O–H groups in total. The predicted octanol–water partition coefficient (Wildman–Crippen LogP) is 8.05. The van der Waals surface area contributed by atoms with Gasteiger partial charge in [0.05, 0.1) is 5.69 Å². The van der Waals surface area contributed by atoms with E-state index in [-0.39, 0.29) is 0 Å². The molecule has 0 amide bonds. The van der Waals surface area contributed by atoms with Gasteiger partial charge in [0.1, 0.15) is 11.2 Å². The molecule has 0 aliphatic heterocycles.